The minimum Gasteiger partial charge on any atom is -0.381 e. The highest BCUT2D eigenvalue weighted by molar-refractivity contribution is 8.00. The number of nitrogens with one attached hydrogen (secondary N) is 2. The van der Waals surface area contributed by atoms with Gasteiger partial charge in [0, 0.05) is 17.6 Å². The van der Waals surface area contributed by atoms with Crippen LogP contribution in [0.5, 0.6) is 0 Å². The number of nitrogens with zero attached hydrogens (tertiary/aromatic N) is 1. The Labute approximate surface area is 142 Å². The van der Waals surface area contributed by atoms with Crippen molar-refractivity contribution in [2.45, 2.75) is 43.0 Å². The summed E-state index contributed by atoms with van der Waals surface area (Å²) in [7, 11) is 0. The van der Waals surface area contributed by atoms with Gasteiger partial charge in [-0.3, -0.25) is 0 Å². The Kier molecular flexibility index (Phi) is 5.44. The van der Waals surface area contributed by atoms with Gasteiger partial charge in [-0.05, 0) is 36.9 Å². The monoisotopic (exact) mass is 357 g/mol. The van der Waals surface area contributed by atoms with Gasteiger partial charge in [-0.15, -0.1) is 11.3 Å². The molecule has 1 aliphatic carbocycles. The van der Waals surface area contributed by atoms with Crippen molar-refractivity contribution in [2.75, 3.05) is 10.0 Å². The van der Waals surface area contributed by atoms with Crippen LogP contribution in [0.25, 0.3) is 0 Å². The van der Waals surface area contributed by atoms with E-state index in [0.717, 1.165) is 18.0 Å². The lowest BCUT2D eigenvalue weighted by molar-refractivity contribution is 0.462. The molecule has 1 aromatic heterocycles. The highest BCUT2D eigenvalue weighted by Crippen LogP contribution is 2.33. The van der Waals surface area contributed by atoms with Gasteiger partial charge < -0.3 is 10.0 Å². The van der Waals surface area contributed by atoms with Crippen LogP contribution in [-0.4, -0.2) is 11.0 Å². The standard InChI is InChI=1S/C15H17ClFN3S2/c16-11-8-14(22-20-15-18-6-7-21-15)12(17)9-13(11)19-10-4-2-1-3-5-10/h6-10,19H,1-5H2,(H,18,20). The molecule has 3 rings (SSSR count). The minimum absolute atomic E-state index is 0.281. The molecule has 2 N–H and O–H groups in total. The first-order valence-electron chi connectivity index (χ1n) is 7.30. The minimum atomic E-state index is -0.281. The van der Waals surface area contributed by atoms with E-state index in [1.807, 2.05) is 5.38 Å². The fraction of sp³-hybridized carbons (Fsp3) is 0.400. The molecule has 1 saturated carbocycles. The lowest BCUT2D eigenvalue weighted by Gasteiger charge is -2.24. The van der Waals surface area contributed by atoms with E-state index in [4.69, 9.17) is 11.6 Å². The molecule has 22 heavy (non-hydrogen) atoms. The molecule has 1 aliphatic rings. The summed E-state index contributed by atoms with van der Waals surface area (Å²) < 4.78 is 17.3. The Balaban J connectivity index is 1.67. The lowest BCUT2D eigenvalue weighted by Crippen LogP contribution is -2.22. The van der Waals surface area contributed by atoms with Gasteiger partial charge in [-0.25, -0.2) is 9.37 Å². The molecule has 0 saturated heterocycles. The van der Waals surface area contributed by atoms with E-state index in [0.29, 0.717) is 21.6 Å². The van der Waals surface area contributed by atoms with Crippen molar-refractivity contribution < 1.29 is 4.39 Å². The van der Waals surface area contributed by atoms with Crippen LogP contribution in [-0.2, 0) is 0 Å². The van der Waals surface area contributed by atoms with Gasteiger partial charge in [0.05, 0.1) is 15.6 Å². The van der Waals surface area contributed by atoms with Crippen LogP contribution in [0.2, 0.25) is 5.02 Å². The van der Waals surface area contributed by atoms with Crippen molar-refractivity contribution in [3.05, 3.63) is 34.5 Å². The van der Waals surface area contributed by atoms with Crippen LogP contribution in [0.4, 0.5) is 15.2 Å². The summed E-state index contributed by atoms with van der Waals surface area (Å²) in [5.41, 5.74) is 0.685. The van der Waals surface area contributed by atoms with E-state index in [2.05, 4.69) is 15.0 Å². The summed E-state index contributed by atoms with van der Waals surface area (Å²) in [5.74, 6) is -0.281. The fourth-order valence-electron chi connectivity index (χ4n) is 2.56. The quantitative estimate of drug-likeness (QED) is 0.663. The van der Waals surface area contributed by atoms with Crippen LogP contribution >= 0.6 is 34.9 Å². The van der Waals surface area contributed by atoms with Gasteiger partial charge in [-0.2, -0.15) is 0 Å². The van der Waals surface area contributed by atoms with Crippen LogP contribution in [0.1, 0.15) is 32.1 Å². The molecule has 0 unspecified atom stereocenters. The molecule has 1 heterocycles. The number of rotatable bonds is 5. The molecule has 0 amide bonds. The molecule has 1 fully saturated rings. The molecular weight excluding hydrogens is 341 g/mol. The van der Waals surface area contributed by atoms with Crippen molar-refractivity contribution >= 4 is 45.7 Å². The molecule has 1 aromatic carbocycles. The lowest BCUT2D eigenvalue weighted by atomic mass is 9.95. The second-order valence-electron chi connectivity index (χ2n) is 5.28. The van der Waals surface area contributed by atoms with Crippen LogP contribution in [0.3, 0.4) is 0 Å². The van der Waals surface area contributed by atoms with E-state index in [9.17, 15) is 4.39 Å². The topological polar surface area (TPSA) is 37.0 Å². The molecule has 0 aliphatic heterocycles. The number of hydrogen-bond donors (Lipinski definition) is 2. The summed E-state index contributed by atoms with van der Waals surface area (Å²) in [4.78, 5) is 4.56. The van der Waals surface area contributed by atoms with Gasteiger partial charge in [0.2, 0.25) is 0 Å². The second-order valence-corrected chi connectivity index (χ2v) is 7.43. The number of benzene rings is 1. The normalized spacial score (nSPS) is 15.7. The zero-order valence-electron chi connectivity index (χ0n) is 11.9. The average molecular weight is 358 g/mol. The maximum Gasteiger partial charge on any atom is 0.192 e. The first-order valence-corrected chi connectivity index (χ1v) is 9.38. The largest absolute Gasteiger partial charge is 0.381 e. The maximum atomic E-state index is 14.2. The summed E-state index contributed by atoms with van der Waals surface area (Å²) in [6, 6.07) is 3.55. The van der Waals surface area contributed by atoms with E-state index in [-0.39, 0.29) is 5.82 Å². The molecule has 3 nitrogen and oxygen atoms in total. The molecule has 0 bridgehead atoms. The maximum absolute atomic E-state index is 14.2. The van der Waals surface area contributed by atoms with Crippen molar-refractivity contribution in [2.24, 2.45) is 0 Å². The van der Waals surface area contributed by atoms with E-state index >= 15 is 0 Å². The summed E-state index contributed by atoms with van der Waals surface area (Å²) in [6.45, 7) is 0. The molecule has 0 spiro atoms. The summed E-state index contributed by atoms with van der Waals surface area (Å²) in [6.07, 6.45) is 7.69. The smallest absolute Gasteiger partial charge is 0.192 e. The van der Waals surface area contributed by atoms with Gasteiger partial charge in [0.1, 0.15) is 5.82 Å². The number of anilines is 2. The van der Waals surface area contributed by atoms with Gasteiger partial charge >= 0.3 is 0 Å². The Morgan fingerprint density at radius 3 is 2.82 bits per heavy atom. The summed E-state index contributed by atoms with van der Waals surface area (Å²) in [5, 5.41) is 6.53. The Morgan fingerprint density at radius 2 is 2.09 bits per heavy atom. The van der Waals surface area contributed by atoms with Crippen molar-refractivity contribution in [1.82, 2.24) is 4.98 Å². The zero-order valence-corrected chi connectivity index (χ0v) is 14.3. The molecular formula is C15H17ClFN3S2. The Morgan fingerprint density at radius 1 is 1.27 bits per heavy atom. The SMILES string of the molecule is Fc1cc(NC2CCCCC2)c(Cl)cc1SNc1nccs1. The first kappa shape index (κ1) is 15.9. The third-order valence-corrected chi connectivity index (χ3v) is 5.63. The Bertz CT molecular complexity index is 616. The van der Waals surface area contributed by atoms with Crippen molar-refractivity contribution in [3.63, 3.8) is 0 Å². The predicted octanol–water partition coefficient (Wildman–Crippen LogP) is 5.80. The van der Waals surface area contributed by atoms with Gasteiger partial charge in [-0.1, -0.05) is 30.9 Å². The molecule has 118 valence electrons. The fourth-order valence-corrected chi connectivity index (χ4v) is 4.11. The average Bonchev–Trinajstić information content (AvgIpc) is 3.04. The second kappa shape index (κ2) is 7.53. The van der Waals surface area contributed by atoms with Crippen LogP contribution < -0.4 is 10.0 Å². The van der Waals surface area contributed by atoms with E-state index in [1.54, 1.807) is 12.3 Å². The summed E-state index contributed by atoms with van der Waals surface area (Å²) >= 11 is 8.95. The van der Waals surface area contributed by atoms with E-state index in [1.165, 1.54) is 48.6 Å². The number of thiazole rings is 1. The number of hydrogen-bond acceptors (Lipinski definition) is 5. The van der Waals surface area contributed by atoms with E-state index < -0.39 is 0 Å². The van der Waals surface area contributed by atoms with Gasteiger partial charge in [0.25, 0.3) is 0 Å². The van der Waals surface area contributed by atoms with Crippen molar-refractivity contribution in [1.29, 1.82) is 0 Å². The molecule has 7 heteroatoms. The first-order chi connectivity index (χ1) is 10.7. The Hall–Kier alpha value is -0.980. The predicted molar refractivity (Wildman–Crippen MR) is 93.5 cm³/mol. The van der Waals surface area contributed by atoms with Gasteiger partial charge in [0.15, 0.2) is 5.13 Å². The van der Waals surface area contributed by atoms with Crippen LogP contribution in [0.15, 0.2) is 28.6 Å². The molecule has 0 atom stereocenters. The number of aromatic nitrogens is 1. The highest BCUT2D eigenvalue weighted by atomic mass is 35.5. The third kappa shape index (κ3) is 4.06. The molecule has 0 radical (unpaired) electrons. The third-order valence-electron chi connectivity index (χ3n) is 3.67. The van der Waals surface area contributed by atoms with Crippen LogP contribution in [0, 0.1) is 5.82 Å². The number of halogens is 2. The van der Waals surface area contributed by atoms with Crippen molar-refractivity contribution in [3.8, 4) is 0 Å². The zero-order chi connectivity index (χ0) is 15.4. The molecule has 2 aromatic rings. The highest BCUT2D eigenvalue weighted by Gasteiger charge is 2.16.